The normalized spacial score (nSPS) is 10.9. The van der Waals surface area contributed by atoms with E-state index in [0.717, 1.165) is 18.5 Å². The summed E-state index contributed by atoms with van der Waals surface area (Å²) in [6, 6.07) is 7.36. The summed E-state index contributed by atoms with van der Waals surface area (Å²) in [4.78, 5) is 35.0. The van der Waals surface area contributed by atoms with Crippen molar-refractivity contribution < 1.29 is 14.3 Å². The fourth-order valence-electron chi connectivity index (χ4n) is 2.95. The maximum absolute atomic E-state index is 12.4. The van der Waals surface area contributed by atoms with Gasteiger partial charge >= 0.3 is 17.7 Å². The lowest BCUT2D eigenvalue weighted by atomic mass is 10.3. The summed E-state index contributed by atoms with van der Waals surface area (Å²) in [6.45, 7) is 5.34. The first-order valence-corrected chi connectivity index (χ1v) is 10.4. The fourth-order valence-corrected chi connectivity index (χ4v) is 2.95. The topological polar surface area (TPSA) is 137 Å². The summed E-state index contributed by atoms with van der Waals surface area (Å²) in [5.41, 5.74) is 7.34. The van der Waals surface area contributed by atoms with Gasteiger partial charge in [0.2, 0.25) is 0 Å². The zero-order valence-corrected chi connectivity index (χ0v) is 17.8. The van der Waals surface area contributed by atoms with Crippen molar-refractivity contribution in [3.8, 4) is 11.8 Å². The number of H-pyrrole nitrogens is 1. The van der Waals surface area contributed by atoms with E-state index in [4.69, 9.17) is 15.2 Å². The molecule has 10 nitrogen and oxygen atoms in total. The minimum absolute atomic E-state index is 0.169. The molecule has 0 spiro atoms. The van der Waals surface area contributed by atoms with Crippen LogP contribution in [0.15, 0.2) is 29.1 Å². The number of nitrogens with zero attached hydrogens (tertiary/aromatic N) is 3. The maximum atomic E-state index is 12.4. The predicted octanol–water partition coefficient (Wildman–Crippen LogP) is 2.70. The van der Waals surface area contributed by atoms with E-state index in [0.29, 0.717) is 49.5 Å². The molecule has 3 rings (SSSR count). The lowest BCUT2D eigenvalue weighted by molar-refractivity contribution is -0.134. The summed E-state index contributed by atoms with van der Waals surface area (Å²) < 4.78 is 12.3. The number of ether oxygens (including phenoxy) is 2. The number of carbonyl (C=O) groups excluding carboxylic acids is 1. The Morgan fingerprint density at radius 2 is 2.10 bits per heavy atom. The first-order chi connectivity index (χ1) is 15.0. The van der Waals surface area contributed by atoms with E-state index >= 15 is 0 Å². The second kappa shape index (κ2) is 10.5. The van der Waals surface area contributed by atoms with E-state index in [-0.39, 0.29) is 23.5 Å². The molecule has 0 fully saturated rings. The summed E-state index contributed by atoms with van der Waals surface area (Å²) >= 11 is 0. The van der Waals surface area contributed by atoms with Crippen LogP contribution in [-0.4, -0.2) is 38.6 Å². The molecule has 0 aliphatic rings. The van der Waals surface area contributed by atoms with Crippen molar-refractivity contribution in [1.82, 2.24) is 19.5 Å². The number of aryl methyl sites for hydroxylation is 1. The number of unbranched alkanes of at least 4 members (excludes halogenated alkanes) is 1. The third-order valence-corrected chi connectivity index (χ3v) is 4.60. The van der Waals surface area contributed by atoms with E-state index in [1.807, 2.05) is 12.1 Å². The average Bonchev–Trinajstić information content (AvgIpc) is 3.07. The second-order valence-corrected chi connectivity index (χ2v) is 7.01. The van der Waals surface area contributed by atoms with Gasteiger partial charge in [-0.2, -0.15) is 9.97 Å². The van der Waals surface area contributed by atoms with E-state index in [1.54, 1.807) is 19.1 Å². The molecule has 1 aromatic carbocycles. The van der Waals surface area contributed by atoms with Crippen LogP contribution in [0.3, 0.4) is 0 Å². The largest absolute Gasteiger partial charge is 0.463 e. The number of imidazole rings is 1. The van der Waals surface area contributed by atoms with Crippen molar-refractivity contribution in [2.24, 2.45) is 0 Å². The Morgan fingerprint density at radius 1 is 1.26 bits per heavy atom. The Kier molecular flexibility index (Phi) is 7.47. The third kappa shape index (κ3) is 5.74. The number of nitrogens with one attached hydrogen (secondary N) is 2. The van der Waals surface area contributed by atoms with Gasteiger partial charge in [0, 0.05) is 31.3 Å². The monoisotopic (exact) mass is 428 g/mol. The molecule has 4 N–H and O–H groups in total. The molecular weight excluding hydrogens is 400 g/mol. The molecule has 0 bridgehead atoms. The molecule has 0 aliphatic heterocycles. The van der Waals surface area contributed by atoms with Crippen LogP contribution in [0.4, 0.5) is 11.5 Å². The van der Waals surface area contributed by atoms with Crippen LogP contribution >= 0.6 is 0 Å². The summed E-state index contributed by atoms with van der Waals surface area (Å²) in [5, 5.41) is 3.26. The number of anilines is 2. The van der Waals surface area contributed by atoms with Gasteiger partial charge in [-0.15, -0.1) is 0 Å². The zero-order chi connectivity index (χ0) is 22.2. The van der Waals surface area contributed by atoms with Gasteiger partial charge < -0.3 is 25.5 Å². The van der Waals surface area contributed by atoms with E-state index in [2.05, 4.69) is 27.2 Å². The molecule has 166 valence electrons. The highest BCUT2D eigenvalue weighted by Gasteiger charge is 2.14. The number of hydrogen-bond acceptors (Lipinski definition) is 8. The van der Waals surface area contributed by atoms with Crippen molar-refractivity contribution in [1.29, 1.82) is 0 Å². The standard InChI is InChI=1S/C21H28N6O4/c1-3-5-12-30-20-25-18(22)17-19(26-20)27(21(29)24-17)11-7-10-23-14-8-6-9-15(13-14)31-16(28)4-2/h6,8-9,13,23H,3-5,7,10-12H2,1-2H3,(H,24,29)(H2,22,25,26). The van der Waals surface area contributed by atoms with Gasteiger partial charge in [0.1, 0.15) is 11.3 Å². The number of benzene rings is 1. The molecule has 2 heterocycles. The molecule has 2 aromatic heterocycles. The Bertz CT molecular complexity index is 1090. The lowest BCUT2D eigenvalue weighted by Gasteiger charge is -2.09. The quantitative estimate of drug-likeness (QED) is 0.241. The van der Waals surface area contributed by atoms with Crippen molar-refractivity contribution >= 4 is 28.6 Å². The highest BCUT2D eigenvalue weighted by molar-refractivity contribution is 5.81. The molecule has 0 unspecified atom stereocenters. The number of hydrogen-bond donors (Lipinski definition) is 3. The Balaban J connectivity index is 1.63. The van der Waals surface area contributed by atoms with Gasteiger partial charge in [0.05, 0.1) is 6.61 Å². The van der Waals surface area contributed by atoms with Crippen LogP contribution < -0.4 is 26.2 Å². The Morgan fingerprint density at radius 3 is 2.87 bits per heavy atom. The van der Waals surface area contributed by atoms with Crippen LogP contribution in [0.1, 0.15) is 39.5 Å². The SMILES string of the molecule is CCCCOc1nc(N)c2[nH]c(=O)n(CCCNc3cccc(OC(=O)CC)c3)c2n1. The number of rotatable bonds is 11. The number of nitrogen functional groups attached to an aromatic ring is 1. The number of nitrogens with two attached hydrogens (primary N) is 1. The Labute approximate surface area is 179 Å². The summed E-state index contributed by atoms with van der Waals surface area (Å²) in [7, 11) is 0. The first kappa shape index (κ1) is 22.1. The van der Waals surface area contributed by atoms with E-state index < -0.39 is 0 Å². The number of fused-ring (bicyclic) bond motifs is 1. The van der Waals surface area contributed by atoms with E-state index in [1.165, 1.54) is 4.57 Å². The smallest absolute Gasteiger partial charge is 0.327 e. The van der Waals surface area contributed by atoms with Gasteiger partial charge in [0.15, 0.2) is 11.5 Å². The van der Waals surface area contributed by atoms with Gasteiger partial charge in [-0.3, -0.25) is 9.36 Å². The number of esters is 1. The van der Waals surface area contributed by atoms with Gasteiger partial charge in [-0.25, -0.2) is 4.79 Å². The molecule has 0 saturated heterocycles. The molecule has 10 heteroatoms. The third-order valence-electron chi connectivity index (χ3n) is 4.60. The van der Waals surface area contributed by atoms with Crippen LogP contribution in [0.25, 0.3) is 11.2 Å². The molecule has 0 saturated carbocycles. The number of aromatic amines is 1. The van der Waals surface area contributed by atoms with Crippen molar-refractivity contribution in [2.45, 2.75) is 46.1 Å². The predicted molar refractivity (Wildman–Crippen MR) is 118 cm³/mol. The molecule has 0 atom stereocenters. The lowest BCUT2D eigenvalue weighted by Crippen LogP contribution is -2.19. The van der Waals surface area contributed by atoms with Crippen molar-refractivity contribution in [2.75, 3.05) is 24.2 Å². The molecule has 3 aromatic rings. The van der Waals surface area contributed by atoms with E-state index in [9.17, 15) is 9.59 Å². The van der Waals surface area contributed by atoms with Crippen LogP contribution in [0, 0.1) is 0 Å². The minimum Gasteiger partial charge on any atom is -0.463 e. The Hall–Kier alpha value is -3.56. The van der Waals surface area contributed by atoms with Crippen LogP contribution in [0.5, 0.6) is 11.8 Å². The van der Waals surface area contributed by atoms with Gasteiger partial charge in [-0.05, 0) is 25.0 Å². The van der Waals surface area contributed by atoms with Crippen molar-refractivity contribution in [3.05, 3.63) is 34.7 Å². The van der Waals surface area contributed by atoms with Crippen LogP contribution in [-0.2, 0) is 11.3 Å². The molecule has 31 heavy (non-hydrogen) atoms. The zero-order valence-electron chi connectivity index (χ0n) is 17.8. The number of aromatic nitrogens is 4. The highest BCUT2D eigenvalue weighted by Crippen LogP contribution is 2.19. The molecule has 0 amide bonds. The summed E-state index contributed by atoms with van der Waals surface area (Å²) in [5.74, 6) is 0.395. The van der Waals surface area contributed by atoms with Crippen LogP contribution in [0.2, 0.25) is 0 Å². The molecular formula is C21H28N6O4. The average molecular weight is 428 g/mol. The van der Waals surface area contributed by atoms with Crippen molar-refractivity contribution in [3.63, 3.8) is 0 Å². The van der Waals surface area contributed by atoms with Gasteiger partial charge in [-0.1, -0.05) is 26.3 Å². The first-order valence-electron chi connectivity index (χ1n) is 10.4. The summed E-state index contributed by atoms with van der Waals surface area (Å²) in [6.07, 6.45) is 2.84. The van der Waals surface area contributed by atoms with Gasteiger partial charge in [0.25, 0.3) is 0 Å². The molecule has 0 radical (unpaired) electrons. The second-order valence-electron chi connectivity index (χ2n) is 7.01. The molecule has 0 aliphatic carbocycles. The maximum Gasteiger partial charge on any atom is 0.327 e. The minimum atomic E-state index is -0.296. The highest BCUT2D eigenvalue weighted by atomic mass is 16.5. The fraction of sp³-hybridized carbons (Fsp3) is 0.429. The number of carbonyl (C=O) groups is 1.